The van der Waals surface area contributed by atoms with Gasteiger partial charge in [-0.1, -0.05) is 92.6 Å². The van der Waals surface area contributed by atoms with Crippen LogP contribution in [0.25, 0.3) is 0 Å². The summed E-state index contributed by atoms with van der Waals surface area (Å²) < 4.78 is 27.8. The molecule has 2 aliphatic rings. The van der Waals surface area contributed by atoms with Gasteiger partial charge in [0.25, 0.3) is 15.9 Å². The molecule has 2 aliphatic heterocycles. The fourth-order valence-electron chi connectivity index (χ4n) is 6.96. The van der Waals surface area contributed by atoms with Crippen LogP contribution >= 0.6 is 11.3 Å². The van der Waals surface area contributed by atoms with Gasteiger partial charge in [-0.05, 0) is 54.4 Å². The maximum atomic E-state index is 14.4. The number of urea groups is 1. The molecular weight excluding hydrogens is 705 g/mol. The maximum Gasteiger partial charge on any atom is 0.315 e. The van der Waals surface area contributed by atoms with Crippen molar-refractivity contribution in [3.8, 4) is 0 Å². The highest BCUT2D eigenvalue weighted by Crippen LogP contribution is 2.32. The molecule has 52 heavy (non-hydrogen) atoms. The van der Waals surface area contributed by atoms with Gasteiger partial charge in [-0.15, -0.1) is 11.3 Å². The van der Waals surface area contributed by atoms with E-state index in [2.05, 4.69) is 21.3 Å². The summed E-state index contributed by atoms with van der Waals surface area (Å²) in [5.74, 6) is -2.39. The lowest BCUT2D eigenvalue weighted by Gasteiger charge is -2.35. The number of carbonyl (C=O) groups is 5. The minimum atomic E-state index is -3.76. The predicted octanol–water partition coefficient (Wildman–Crippen LogP) is 4.43. The van der Waals surface area contributed by atoms with Crippen molar-refractivity contribution in [1.29, 1.82) is 0 Å². The molecule has 0 bridgehead atoms. The number of ketones is 1. The van der Waals surface area contributed by atoms with Crippen LogP contribution in [0.15, 0.2) is 21.7 Å². The molecule has 0 radical (unpaired) electrons. The molecule has 0 spiro atoms. The van der Waals surface area contributed by atoms with Gasteiger partial charge in [-0.25, -0.2) is 13.2 Å². The van der Waals surface area contributed by atoms with E-state index in [1.807, 2.05) is 41.5 Å². The van der Waals surface area contributed by atoms with E-state index in [1.165, 1.54) is 16.3 Å². The number of rotatable bonds is 11. The summed E-state index contributed by atoms with van der Waals surface area (Å²) in [5, 5.41) is 13.1. The van der Waals surface area contributed by atoms with Gasteiger partial charge in [-0.2, -0.15) is 4.31 Å². The van der Waals surface area contributed by atoms with Gasteiger partial charge in [0.1, 0.15) is 16.3 Å². The first-order chi connectivity index (χ1) is 24.5. The van der Waals surface area contributed by atoms with Crippen LogP contribution in [0.5, 0.6) is 0 Å². The van der Waals surface area contributed by atoms with Gasteiger partial charge in [0.15, 0.2) is 0 Å². The molecule has 0 aromatic carbocycles. The Morgan fingerprint density at radius 3 is 2.23 bits per heavy atom. The summed E-state index contributed by atoms with van der Waals surface area (Å²) in [5.41, 5.74) is -0.537. The second-order valence-corrected chi connectivity index (χ2v) is 18.9. The fraction of sp³-hybridized carbons (Fsp3) is 0.757. The predicted molar refractivity (Wildman–Crippen MR) is 203 cm³/mol. The zero-order chi connectivity index (χ0) is 38.6. The lowest BCUT2D eigenvalue weighted by Crippen LogP contribution is -2.60. The van der Waals surface area contributed by atoms with Crippen molar-refractivity contribution in [2.24, 2.45) is 17.3 Å². The molecule has 3 heterocycles. The third-order valence-corrected chi connectivity index (χ3v) is 13.5. The van der Waals surface area contributed by atoms with Crippen LogP contribution in [0, 0.1) is 17.3 Å². The topological polar surface area (TPSA) is 174 Å². The van der Waals surface area contributed by atoms with Crippen molar-refractivity contribution in [2.75, 3.05) is 26.7 Å². The number of sulfonamides is 1. The van der Waals surface area contributed by atoms with E-state index in [4.69, 9.17) is 0 Å². The molecule has 3 rings (SSSR count). The number of nitrogens with zero attached hydrogens (tertiary/aromatic N) is 2. The Hall–Kier alpha value is -3.04. The van der Waals surface area contributed by atoms with Gasteiger partial charge < -0.3 is 26.2 Å². The summed E-state index contributed by atoms with van der Waals surface area (Å²) in [6.07, 6.45) is 7.91. The summed E-state index contributed by atoms with van der Waals surface area (Å²) >= 11 is 1.12. The van der Waals surface area contributed by atoms with Crippen molar-refractivity contribution in [1.82, 2.24) is 30.5 Å². The standard InChI is InChI=1S/C37H62N6O7S2/c1-8-21-38-34(46)32(44)27-17-14-12-10-9-11-13-15-18-28(35(47)43-22-20-26(25(2)3)31(43)33(45)39-27)40-36(48)41-29(37(4,5)6)24-42(7)52(49,50)30-19-16-23-51-30/h16,19,23,25-29,31H,8-15,17-18,20-22,24H2,1-7H3,(H,38,46)(H,39,45)(H2,40,41,48)/t26-,27+,28+,29-,31+/m1/s1. The first-order valence-electron chi connectivity index (χ1n) is 19.0. The van der Waals surface area contributed by atoms with Crippen molar-refractivity contribution < 1.29 is 32.4 Å². The van der Waals surface area contributed by atoms with Crippen LogP contribution in [0.3, 0.4) is 0 Å². The highest BCUT2D eigenvalue weighted by atomic mass is 32.2. The number of likely N-dealkylation sites (N-methyl/N-ethyl adjacent to an activating group) is 1. The van der Waals surface area contributed by atoms with Gasteiger partial charge in [0.05, 0.1) is 6.04 Å². The van der Waals surface area contributed by atoms with E-state index in [0.29, 0.717) is 51.6 Å². The molecule has 0 unspecified atom stereocenters. The van der Waals surface area contributed by atoms with Crippen molar-refractivity contribution in [3.05, 3.63) is 17.5 Å². The summed E-state index contributed by atoms with van der Waals surface area (Å²) in [6, 6.07) is -0.790. The van der Waals surface area contributed by atoms with Crippen LogP contribution in [-0.2, 0) is 29.2 Å². The van der Waals surface area contributed by atoms with Crippen LogP contribution in [-0.4, -0.2) is 98.0 Å². The molecular formula is C37H62N6O7S2. The molecule has 13 nitrogen and oxygen atoms in total. The van der Waals surface area contributed by atoms with Gasteiger partial charge in [-0.3, -0.25) is 19.2 Å². The molecule has 5 amide bonds. The molecule has 294 valence electrons. The van der Waals surface area contributed by atoms with Crippen LogP contribution in [0.2, 0.25) is 0 Å². The first-order valence-corrected chi connectivity index (χ1v) is 21.3. The van der Waals surface area contributed by atoms with Crippen LogP contribution in [0.1, 0.15) is 112 Å². The number of thiophene rings is 1. The highest BCUT2D eigenvalue weighted by molar-refractivity contribution is 7.91. The van der Waals surface area contributed by atoms with E-state index < -0.39 is 63.2 Å². The monoisotopic (exact) mass is 766 g/mol. The van der Waals surface area contributed by atoms with E-state index in [9.17, 15) is 32.4 Å². The molecule has 2 fully saturated rings. The molecule has 5 atom stereocenters. The lowest BCUT2D eigenvalue weighted by atomic mass is 9.86. The largest absolute Gasteiger partial charge is 0.349 e. The van der Waals surface area contributed by atoms with Crippen LogP contribution < -0.4 is 21.3 Å². The van der Waals surface area contributed by atoms with E-state index in [0.717, 1.165) is 43.4 Å². The number of nitrogens with one attached hydrogen (secondary N) is 4. The minimum absolute atomic E-state index is 0.0105. The number of amides is 5. The third-order valence-electron chi connectivity index (χ3n) is 10.3. The Balaban J connectivity index is 1.87. The Morgan fingerprint density at radius 2 is 1.65 bits per heavy atom. The third kappa shape index (κ3) is 12.0. The number of carbonyl (C=O) groups excluding carboxylic acids is 5. The molecule has 2 saturated heterocycles. The Kier molecular flexibility index (Phi) is 16.6. The average Bonchev–Trinajstić information content (AvgIpc) is 3.79. The number of hydrogen-bond donors (Lipinski definition) is 4. The Bertz CT molecular complexity index is 1460. The van der Waals surface area contributed by atoms with Gasteiger partial charge in [0.2, 0.25) is 17.6 Å². The van der Waals surface area contributed by atoms with Crippen molar-refractivity contribution >= 4 is 50.9 Å². The van der Waals surface area contributed by atoms with Crippen molar-refractivity contribution in [3.63, 3.8) is 0 Å². The molecule has 1 aromatic heterocycles. The van der Waals surface area contributed by atoms with Crippen molar-refractivity contribution in [2.45, 2.75) is 141 Å². The second-order valence-electron chi connectivity index (χ2n) is 15.7. The molecule has 0 aliphatic carbocycles. The van der Waals surface area contributed by atoms with Gasteiger partial charge in [0, 0.05) is 32.7 Å². The zero-order valence-corrected chi connectivity index (χ0v) is 33.8. The first kappa shape index (κ1) is 43.4. The quantitative estimate of drug-likeness (QED) is 0.241. The second kappa shape index (κ2) is 19.9. The van der Waals surface area contributed by atoms with E-state index in [-0.39, 0.29) is 28.5 Å². The zero-order valence-electron chi connectivity index (χ0n) is 32.2. The number of fused-ring (bicyclic) bond motifs is 1. The summed E-state index contributed by atoms with van der Waals surface area (Å²) in [7, 11) is -2.28. The Labute approximate surface area is 314 Å². The minimum Gasteiger partial charge on any atom is -0.349 e. The average molecular weight is 767 g/mol. The number of hydrogen-bond acceptors (Lipinski definition) is 8. The molecule has 4 N–H and O–H groups in total. The molecule has 0 saturated carbocycles. The summed E-state index contributed by atoms with van der Waals surface area (Å²) in [6.45, 7) is 12.3. The van der Waals surface area contributed by atoms with E-state index >= 15 is 0 Å². The number of Topliss-reactive ketones (excluding diaryl/α,β-unsaturated/α-hetero) is 1. The highest BCUT2D eigenvalue weighted by Gasteiger charge is 2.46. The SMILES string of the molecule is CCCNC(=O)C(=O)[C@@H]1CCCCCCCCC[C@H](NC(=O)N[C@H](CN(C)S(=O)(=O)c2cccs2)C(C)(C)C)C(=O)N2CC[C@H](C(C)C)[C@H]2C(=O)N1. The normalized spacial score (nSPS) is 23.5. The van der Waals surface area contributed by atoms with Gasteiger partial charge >= 0.3 is 6.03 Å². The molecule has 15 heteroatoms. The Morgan fingerprint density at radius 1 is 1.02 bits per heavy atom. The fourth-order valence-corrected chi connectivity index (χ4v) is 9.35. The maximum absolute atomic E-state index is 14.4. The molecule has 1 aromatic rings. The summed E-state index contributed by atoms with van der Waals surface area (Å²) in [4.78, 5) is 69.8. The smallest absolute Gasteiger partial charge is 0.315 e. The van der Waals surface area contributed by atoms with E-state index in [1.54, 1.807) is 17.5 Å². The lowest BCUT2D eigenvalue weighted by molar-refractivity contribution is -0.143. The van der Waals surface area contributed by atoms with Crippen LogP contribution in [0.4, 0.5) is 4.79 Å².